The Labute approximate surface area is 160 Å². The van der Waals surface area contributed by atoms with Gasteiger partial charge in [0.05, 0.1) is 5.52 Å². The zero-order valence-electron chi connectivity index (χ0n) is 16.4. The molecule has 0 unspecified atom stereocenters. The fourth-order valence-corrected chi connectivity index (χ4v) is 4.35. The Balaban J connectivity index is 1.41. The summed E-state index contributed by atoms with van der Waals surface area (Å²) in [6.07, 6.45) is 6.27. The summed E-state index contributed by atoms with van der Waals surface area (Å²) in [5.74, 6) is 1.16. The van der Waals surface area contributed by atoms with Crippen molar-refractivity contribution in [3.63, 3.8) is 0 Å². The molecule has 2 aliphatic heterocycles. The van der Waals surface area contributed by atoms with E-state index in [0.29, 0.717) is 11.7 Å². The van der Waals surface area contributed by atoms with Gasteiger partial charge in [-0.2, -0.15) is 0 Å². The third-order valence-electron chi connectivity index (χ3n) is 5.88. The first-order chi connectivity index (χ1) is 13.1. The number of nitrogens with zero attached hydrogens (tertiary/aromatic N) is 3. The van der Waals surface area contributed by atoms with Crippen LogP contribution in [-0.2, 0) is 4.74 Å². The highest BCUT2D eigenvalue weighted by atomic mass is 16.5. The van der Waals surface area contributed by atoms with Gasteiger partial charge in [0.15, 0.2) is 5.69 Å². The number of amides is 1. The zero-order valence-corrected chi connectivity index (χ0v) is 16.4. The minimum atomic E-state index is -0.0462. The second kappa shape index (κ2) is 7.98. The van der Waals surface area contributed by atoms with E-state index in [0.717, 1.165) is 63.3 Å². The maximum absolute atomic E-state index is 12.9. The average molecular weight is 370 g/mol. The predicted octanol–water partition coefficient (Wildman–Crippen LogP) is 2.83. The zero-order chi connectivity index (χ0) is 18.8. The van der Waals surface area contributed by atoms with Crippen molar-refractivity contribution in [3.05, 3.63) is 35.9 Å². The van der Waals surface area contributed by atoms with E-state index in [1.807, 2.05) is 28.8 Å². The van der Waals surface area contributed by atoms with Crippen LogP contribution < -0.4 is 5.32 Å². The lowest BCUT2D eigenvalue weighted by molar-refractivity contribution is 0.0238. The molecule has 4 rings (SSSR count). The van der Waals surface area contributed by atoms with Crippen molar-refractivity contribution < 1.29 is 9.53 Å². The van der Waals surface area contributed by atoms with Gasteiger partial charge in [0, 0.05) is 50.5 Å². The van der Waals surface area contributed by atoms with Gasteiger partial charge in [-0.05, 0) is 37.8 Å². The molecule has 4 heterocycles. The van der Waals surface area contributed by atoms with E-state index in [1.165, 1.54) is 0 Å². The van der Waals surface area contributed by atoms with Crippen LogP contribution in [0.1, 0.15) is 61.8 Å². The van der Waals surface area contributed by atoms with Crippen LogP contribution in [0.3, 0.4) is 0 Å². The molecule has 1 N–H and O–H groups in total. The number of pyridine rings is 1. The first-order valence-electron chi connectivity index (χ1n) is 10.2. The number of likely N-dealkylation sites (tertiary alicyclic amines) is 1. The molecule has 146 valence electrons. The van der Waals surface area contributed by atoms with Crippen molar-refractivity contribution in [3.8, 4) is 0 Å². The van der Waals surface area contributed by atoms with E-state index < -0.39 is 0 Å². The first-order valence-corrected chi connectivity index (χ1v) is 10.2. The largest absolute Gasteiger partial charge is 0.381 e. The van der Waals surface area contributed by atoms with Crippen molar-refractivity contribution >= 4 is 11.4 Å². The topological polar surface area (TPSA) is 58.9 Å². The van der Waals surface area contributed by atoms with Gasteiger partial charge in [-0.1, -0.05) is 19.9 Å². The highest BCUT2D eigenvalue weighted by Crippen LogP contribution is 2.22. The van der Waals surface area contributed by atoms with Gasteiger partial charge in [0.25, 0.3) is 5.91 Å². The molecule has 2 aromatic heterocycles. The standard InChI is InChI=1S/C21H30N4O2/c1-15(2)20-23-19(18-5-3-4-10-25(18)20)21(26)22-16-6-11-24(12-7-16)17-8-13-27-14-9-17/h3-5,10,15-17H,6-9,11-14H2,1-2H3,(H,22,26). The molecule has 0 aliphatic carbocycles. The number of rotatable bonds is 4. The van der Waals surface area contributed by atoms with Crippen LogP contribution in [0, 0.1) is 0 Å². The van der Waals surface area contributed by atoms with Crippen LogP contribution in [0.5, 0.6) is 0 Å². The van der Waals surface area contributed by atoms with Crippen molar-refractivity contribution in [2.24, 2.45) is 0 Å². The molecule has 6 nitrogen and oxygen atoms in total. The molecule has 2 aliphatic rings. The monoisotopic (exact) mass is 370 g/mol. The van der Waals surface area contributed by atoms with E-state index >= 15 is 0 Å². The molecular formula is C21H30N4O2. The number of hydrogen-bond donors (Lipinski definition) is 1. The third kappa shape index (κ3) is 3.87. The summed E-state index contributed by atoms with van der Waals surface area (Å²) < 4.78 is 7.51. The van der Waals surface area contributed by atoms with Gasteiger partial charge < -0.3 is 19.4 Å². The highest BCUT2D eigenvalue weighted by Gasteiger charge is 2.28. The number of piperidine rings is 1. The number of carbonyl (C=O) groups is 1. The van der Waals surface area contributed by atoms with Gasteiger partial charge in [-0.3, -0.25) is 4.79 Å². The number of fused-ring (bicyclic) bond motifs is 1. The number of ether oxygens (including phenoxy) is 1. The Bertz CT molecular complexity index is 787. The van der Waals surface area contributed by atoms with Crippen LogP contribution in [-0.4, -0.2) is 58.6 Å². The lowest BCUT2D eigenvalue weighted by atomic mass is 9.99. The van der Waals surface area contributed by atoms with E-state index in [1.54, 1.807) is 0 Å². The lowest BCUT2D eigenvalue weighted by Gasteiger charge is -2.39. The summed E-state index contributed by atoms with van der Waals surface area (Å²) >= 11 is 0. The molecule has 2 fully saturated rings. The van der Waals surface area contributed by atoms with Crippen LogP contribution >= 0.6 is 0 Å². The van der Waals surface area contributed by atoms with E-state index in [2.05, 4.69) is 29.0 Å². The predicted molar refractivity (Wildman–Crippen MR) is 105 cm³/mol. The number of imidazole rings is 1. The number of nitrogens with one attached hydrogen (secondary N) is 1. The molecule has 6 heteroatoms. The second-order valence-electron chi connectivity index (χ2n) is 8.06. The SMILES string of the molecule is CC(C)c1nc(C(=O)NC2CCN(C3CCOCC3)CC2)c2ccccn12. The number of aromatic nitrogens is 2. The highest BCUT2D eigenvalue weighted by molar-refractivity contribution is 5.99. The van der Waals surface area contributed by atoms with Crippen molar-refractivity contribution in [1.29, 1.82) is 0 Å². The number of hydrogen-bond acceptors (Lipinski definition) is 4. The minimum absolute atomic E-state index is 0.0462. The summed E-state index contributed by atoms with van der Waals surface area (Å²) in [5.41, 5.74) is 1.43. The van der Waals surface area contributed by atoms with Gasteiger partial charge >= 0.3 is 0 Å². The molecule has 0 radical (unpaired) electrons. The Morgan fingerprint density at radius 3 is 2.63 bits per heavy atom. The van der Waals surface area contributed by atoms with E-state index in [-0.39, 0.29) is 17.9 Å². The molecule has 27 heavy (non-hydrogen) atoms. The molecular weight excluding hydrogens is 340 g/mol. The Morgan fingerprint density at radius 2 is 1.93 bits per heavy atom. The van der Waals surface area contributed by atoms with Crippen LogP contribution in [0.2, 0.25) is 0 Å². The van der Waals surface area contributed by atoms with E-state index in [9.17, 15) is 4.79 Å². The van der Waals surface area contributed by atoms with Crippen molar-refractivity contribution in [1.82, 2.24) is 19.6 Å². The second-order valence-corrected chi connectivity index (χ2v) is 8.06. The van der Waals surface area contributed by atoms with Gasteiger partial charge in [0.2, 0.25) is 0 Å². The summed E-state index contributed by atoms with van der Waals surface area (Å²) in [6, 6.07) is 6.80. The number of carbonyl (C=O) groups excluding carboxylic acids is 1. The Kier molecular flexibility index (Phi) is 5.45. The van der Waals surface area contributed by atoms with Crippen molar-refractivity contribution in [2.45, 2.75) is 57.5 Å². The maximum atomic E-state index is 12.9. The van der Waals surface area contributed by atoms with Crippen molar-refractivity contribution in [2.75, 3.05) is 26.3 Å². The lowest BCUT2D eigenvalue weighted by Crippen LogP contribution is -2.49. The fraction of sp³-hybridized carbons (Fsp3) is 0.619. The summed E-state index contributed by atoms with van der Waals surface area (Å²) in [7, 11) is 0. The normalized spacial score (nSPS) is 20.4. The molecule has 2 saturated heterocycles. The maximum Gasteiger partial charge on any atom is 0.272 e. The molecule has 2 aromatic rings. The van der Waals surface area contributed by atoms with Crippen LogP contribution in [0.15, 0.2) is 24.4 Å². The quantitative estimate of drug-likeness (QED) is 0.899. The molecule has 0 saturated carbocycles. The summed E-state index contributed by atoms with van der Waals surface area (Å²) in [4.78, 5) is 20.2. The molecule has 0 atom stereocenters. The van der Waals surface area contributed by atoms with Gasteiger partial charge in [-0.15, -0.1) is 0 Å². The fourth-order valence-electron chi connectivity index (χ4n) is 4.35. The summed E-state index contributed by atoms with van der Waals surface area (Å²) in [5, 5.41) is 3.24. The van der Waals surface area contributed by atoms with Gasteiger partial charge in [0.1, 0.15) is 5.82 Å². The third-order valence-corrected chi connectivity index (χ3v) is 5.88. The Hall–Kier alpha value is -1.92. The minimum Gasteiger partial charge on any atom is -0.381 e. The first kappa shape index (κ1) is 18.4. The smallest absolute Gasteiger partial charge is 0.272 e. The van der Waals surface area contributed by atoms with Crippen LogP contribution in [0.4, 0.5) is 0 Å². The molecule has 0 aromatic carbocycles. The van der Waals surface area contributed by atoms with Gasteiger partial charge in [-0.25, -0.2) is 4.98 Å². The molecule has 1 amide bonds. The Morgan fingerprint density at radius 1 is 1.19 bits per heavy atom. The van der Waals surface area contributed by atoms with E-state index in [4.69, 9.17) is 4.74 Å². The average Bonchev–Trinajstić information content (AvgIpc) is 3.09. The summed E-state index contributed by atoms with van der Waals surface area (Å²) in [6.45, 7) is 8.08. The molecule has 0 spiro atoms. The van der Waals surface area contributed by atoms with Crippen LogP contribution in [0.25, 0.3) is 5.52 Å². The molecule has 0 bridgehead atoms.